The zero-order chi connectivity index (χ0) is 26.9. The quantitative estimate of drug-likeness (QED) is 0.384. The van der Waals surface area contributed by atoms with E-state index in [2.05, 4.69) is 10.6 Å². The van der Waals surface area contributed by atoms with Gasteiger partial charge in [-0.25, -0.2) is 14.5 Å². The SMILES string of the molecule is O=C(Nc1ccc(-c2ccc3c(c2)CN(C(=O)OC2CCCC2)C3=O)cc1)Nc1cccc(C(F)(F)F)c1. The molecule has 1 heterocycles. The minimum Gasteiger partial charge on any atom is -0.446 e. The molecule has 0 saturated heterocycles. The molecule has 4 amide bonds. The second-order valence-electron chi connectivity index (χ2n) is 9.29. The third-order valence-corrected chi connectivity index (χ3v) is 6.62. The Morgan fingerprint density at radius 3 is 2.26 bits per heavy atom. The molecule has 0 unspecified atom stereocenters. The van der Waals surface area contributed by atoms with Crippen molar-refractivity contribution in [2.75, 3.05) is 10.6 Å². The summed E-state index contributed by atoms with van der Waals surface area (Å²) >= 11 is 0. The summed E-state index contributed by atoms with van der Waals surface area (Å²) in [4.78, 5) is 38.7. The summed E-state index contributed by atoms with van der Waals surface area (Å²) in [6.07, 6.45) is -1.57. The summed E-state index contributed by atoms with van der Waals surface area (Å²) in [6, 6.07) is 15.9. The van der Waals surface area contributed by atoms with Crippen LogP contribution < -0.4 is 10.6 Å². The Morgan fingerprint density at radius 2 is 1.55 bits per heavy atom. The van der Waals surface area contributed by atoms with Gasteiger partial charge < -0.3 is 15.4 Å². The van der Waals surface area contributed by atoms with Gasteiger partial charge in [0.15, 0.2) is 0 Å². The molecule has 1 saturated carbocycles. The van der Waals surface area contributed by atoms with Crippen LogP contribution in [0.1, 0.15) is 47.2 Å². The van der Waals surface area contributed by atoms with E-state index < -0.39 is 23.9 Å². The second-order valence-corrected chi connectivity index (χ2v) is 9.29. The molecule has 3 aromatic carbocycles. The average molecular weight is 524 g/mol. The van der Waals surface area contributed by atoms with Gasteiger partial charge in [0, 0.05) is 16.9 Å². The standard InChI is InChI=1S/C28H24F3N3O4/c29-28(30,31)20-4-3-5-22(15-20)33-26(36)32-21-11-8-17(9-12-21)18-10-13-24-19(14-18)16-34(25(24)35)27(37)38-23-6-1-2-7-23/h3-5,8-15,23H,1-2,6-7,16H2,(H2,32,33,36). The predicted molar refractivity (Wildman–Crippen MR) is 135 cm³/mol. The number of carbonyl (C=O) groups is 3. The maximum atomic E-state index is 12.9. The van der Waals surface area contributed by atoms with Gasteiger partial charge in [-0.1, -0.05) is 24.3 Å². The van der Waals surface area contributed by atoms with Crippen molar-refractivity contribution in [2.24, 2.45) is 0 Å². The largest absolute Gasteiger partial charge is 0.446 e. The van der Waals surface area contributed by atoms with Gasteiger partial charge in [-0.2, -0.15) is 13.2 Å². The highest BCUT2D eigenvalue weighted by Gasteiger charge is 2.35. The molecule has 1 fully saturated rings. The number of imide groups is 1. The number of alkyl halides is 3. The summed E-state index contributed by atoms with van der Waals surface area (Å²) in [6.45, 7) is 0.142. The fraction of sp³-hybridized carbons (Fsp3) is 0.250. The van der Waals surface area contributed by atoms with E-state index in [-0.39, 0.29) is 24.2 Å². The molecular weight excluding hydrogens is 499 g/mol. The van der Waals surface area contributed by atoms with E-state index in [1.165, 1.54) is 12.1 Å². The van der Waals surface area contributed by atoms with Crippen LogP contribution in [0.25, 0.3) is 11.1 Å². The number of hydrogen-bond donors (Lipinski definition) is 2. The molecule has 2 aliphatic rings. The Bertz CT molecular complexity index is 1380. The highest BCUT2D eigenvalue weighted by atomic mass is 19.4. The number of rotatable bonds is 4. The molecule has 3 aromatic rings. The van der Waals surface area contributed by atoms with Crippen LogP contribution in [-0.2, 0) is 17.5 Å². The summed E-state index contributed by atoms with van der Waals surface area (Å²) in [5.74, 6) is -0.374. The maximum Gasteiger partial charge on any atom is 0.417 e. The lowest BCUT2D eigenvalue weighted by Crippen LogP contribution is -2.33. The molecule has 7 nitrogen and oxygen atoms in total. The Hall–Kier alpha value is -4.34. The number of hydrogen-bond acceptors (Lipinski definition) is 4. The van der Waals surface area contributed by atoms with E-state index in [0.29, 0.717) is 11.3 Å². The fourth-order valence-corrected chi connectivity index (χ4v) is 4.67. The fourth-order valence-electron chi connectivity index (χ4n) is 4.67. The number of ether oxygens (including phenoxy) is 1. The first-order valence-corrected chi connectivity index (χ1v) is 12.2. The normalized spacial score (nSPS) is 15.3. The number of benzene rings is 3. The van der Waals surface area contributed by atoms with Crippen LogP contribution in [0.15, 0.2) is 66.7 Å². The monoisotopic (exact) mass is 523 g/mol. The van der Waals surface area contributed by atoms with E-state index in [9.17, 15) is 27.6 Å². The van der Waals surface area contributed by atoms with E-state index in [1.54, 1.807) is 36.4 Å². The molecule has 38 heavy (non-hydrogen) atoms. The third-order valence-electron chi connectivity index (χ3n) is 6.62. The number of carbonyl (C=O) groups excluding carboxylic acids is 3. The second kappa shape index (κ2) is 10.2. The lowest BCUT2D eigenvalue weighted by atomic mass is 10.0. The van der Waals surface area contributed by atoms with Crippen LogP contribution in [0.2, 0.25) is 0 Å². The van der Waals surface area contributed by atoms with Crippen molar-refractivity contribution in [3.05, 3.63) is 83.4 Å². The lowest BCUT2D eigenvalue weighted by molar-refractivity contribution is -0.137. The first-order valence-electron chi connectivity index (χ1n) is 12.2. The van der Waals surface area contributed by atoms with Crippen molar-refractivity contribution in [1.29, 1.82) is 0 Å². The van der Waals surface area contributed by atoms with Gasteiger partial charge in [0.05, 0.1) is 12.1 Å². The minimum atomic E-state index is -4.51. The number of urea groups is 1. The van der Waals surface area contributed by atoms with Crippen LogP contribution in [-0.4, -0.2) is 29.0 Å². The van der Waals surface area contributed by atoms with Crippen LogP contribution in [0.4, 0.5) is 34.1 Å². The summed E-state index contributed by atoms with van der Waals surface area (Å²) in [7, 11) is 0. The summed E-state index contributed by atoms with van der Waals surface area (Å²) < 4.78 is 44.1. The van der Waals surface area contributed by atoms with Gasteiger partial charge in [0.25, 0.3) is 5.91 Å². The van der Waals surface area contributed by atoms with Crippen molar-refractivity contribution >= 4 is 29.4 Å². The van der Waals surface area contributed by atoms with E-state index >= 15 is 0 Å². The van der Waals surface area contributed by atoms with Crippen molar-refractivity contribution < 1.29 is 32.3 Å². The molecule has 196 valence electrons. The molecule has 0 atom stereocenters. The van der Waals surface area contributed by atoms with E-state index in [4.69, 9.17) is 4.74 Å². The van der Waals surface area contributed by atoms with Crippen molar-refractivity contribution in [2.45, 2.75) is 44.5 Å². The van der Waals surface area contributed by atoms with Crippen LogP contribution in [0, 0.1) is 0 Å². The topological polar surface area (TPSA) is 87.7 Å². The minimum absolute atomic E-state index is 0.0165. The molecule has 1 aliphatic heterocycles. The zero-order valence-corrected chi connectivity index (χ0v) is 20.2. The summed E-state index contributed by atoms with van der Waals surface area (Å²) in [5, 5.41) is 4.98. The third kappa shape index (κ3) is 5.49. The van der Waals surface area contributed by atoms with Crippen molar-refractivity contribution in [3.8, 4) is 11.1 Å². The number of amides is 4. The lowest BCUT2D eigenvalue weighted by Gasteiger charge is -2.17. The number of anilines is 2. The predicted octanol–water partition coefficient (Wildman–Crippen LogP) is 7.05. The first kappa shape index (κ1) is 25.3. The van der Waals surface area contributed by atoms with Crippen LogP contribution >= 0.6 is 0 Å². The zero-order valence-electron chi connectivity index (χ0n) is 20.2. The Kier molecular flexibility index (Phi) is 6.79. The van der Waals surface area contributed by atoms with E-state index in [0.717, 1.165) is 59.4 Å². The maximum absolute atomic E-state index is 12.9. The Balaban J connectivity index is 1.22. The number of halogens is 3. The van der Waals surface area contributed by atoms with Gasteiger partial charge in [-0.15, -0.1) is 0 Å². The molecule has 0 radical (unpaired) electrons. The van der Waals surface area contributed by atoms with Crippen molar-refractivity contribution in [3.63, 3.8) is 0 Å². The highest BCUT2D eigenvalue weighted by molar-refractivity contribution is 6.06. The van der Waals surface area contributed by atoms with Crippen molar-refractivity contribution in [1.82, 2.24) is 4.90 Å². The van der Waals surface area contributed by atoms with Gasteiger partial charge >= 0.3 is 18.3 Å². The average Bonchev–Trinajstić information content (AvgIpc) is 3.51. The Labute approximate surface area is 216 Å². The molecule has 0 aromatic heterocycles. The van der Waals surface area contributed by atoms with Gasteiger partial charge in [-0.3, -0.25) is 4.79 Å². The molecule has 0 bridgehead atoms. The smallest absolute Gasteiger partial charge is 0.417 e. The molecule has 10 heteroatoms. The Morgan fingerprint density at radius 1 is 0.868 bits per heavy atom. The molecule has 1 aliphatic carbocycles. The molecular formula is C28H24F3N3O4. The molecule has 5 rings (SSSR count). The van der Waals surface area contributed by atoms with Gasteiger partial charge in [0.2, 0.25) is 0 Å². The number of fused-ring (bicyclic) bond motifs is 1. The first-order chi connectivity index (χ1) is 18.2. The highest BCUT2D eigenvalue weighted by Crippen LogP contribution is 2.32. The number of nitrogens with zero attached hydrogens (tertiary/aromatic N) is 1. The summed E-state index contributed by atoms with van der Waals surface area (Å²) in [5.41, 5.74) is 2.42. The number of nitrogens with one attached hydrogen (secondary N) is 2. The van der Waals surface area contributed by atoms with Gasteiger partial charge in [0.1, 0.15) is 6.10 Å². The molecule has 2 N–H and O–H groups in total. The molecule has 0 spiro atoms. The van der Waals surface area contributed by atoms with Crippen LogP contribution in [0.3, 0.4) is 0 Å². The van der Waals surface area contributed by atoms with Gasteiger partial charge in [-0.05, 0) is 84.8 Å². The van der Waals surface area contributed by atoms with E-state index in [1.807, 2.05) is 6.07 Å². The van der Waals surface area contributed by atoms with Crippen LogP contribution in [0.5, 0.6) is 0 Å².